The maximum absolute atomic E-state index is 11.4. The van der Waals surface area contributed by atoms with Gasteiger partial charge in [0.15, 0.2) is 0 Å². The summed E-state index contributed by atoms with van der Waals surface area (Å²) in [5.41, 5.74) is 0.506. The molecule has 0 aliphatic rings. The summed E-state index contributed by atoms with van der Waals surface area (Å²) in [5, 5.41) is 0. The lowest BCUT2D eigenvalue weighted by molar-refractivity contribution is 0.0388. The molecule has 4 nitrogen and oxygen atoms in total. The van der Waals surface area contributed by atoms with E-state index in [1.165, 1.54) is 0 Å². The van der Waals surface area contributed by atoms with Crippen LogP contribution in [0.25, 0.3) is 0 Å². The van der Waals surface area contributed by atoms with E-state index in [1.807, 2.05) is 0 Å². The number of carbonyl (C=O) groups is 1. The molecule has 0 aliphatic carbocycles. The fourth-order valence-corrected chi connectivity index (χ4v) is 1.03. The predicted molar refractivity (Wildman–Crippen MR) is 55.2 cm³/mol. The minimum atomic E-state index is -0.352. The van der Waals surface area contributed by atoms with Crippen molar-refractivity contribution in [3.63, 3.8) is 0 Å². The smallest absolute Gasteiger partial charge is 0.338 e. The number of esters is 1. The first-order valence-corrected chi connectivity index (χ1v) is 4.58. The van der Waals surface area contributed by atoms with Crippen LogP contribution in [-0.2, 0) is 9.47 Å². The first kappa shape index (κ1) is 11.5. The highest BCUT2D eigenvalue weighted by Crippen LogP contribution is 2.11. The van der Waals surface area contributed by atoms with Crippen LogP contribution < -0.4 is 4.74 Å². The average Bonchev–Trinajstić information content (AvgIpc) is 2.29. The summed E-state index contributed by atoms with van der Waals surface area (Å²) < 4.78 is 14.7. The normalized spacial score (nSPS) is 9.73. The fraction of sp³-hybridized carbons (Fsp3) is 0.364. The zero-order chi connectivity index (χ0) is 11.1. The van der Waals surface area contributed by atoms with Crippen molar-refractivity contribution in [1.82, 2.24) is 0 Å². The first-order valence-electron chi connectivity index (χ1n) is 4.58. The molecule has 82 valence electrons. The van der Waals surface area contributed by atoms with Gasteiger partial charge in [-0.25, -0.2) is 4.79 Å². The molecule has 0 N–H and O–H groups in total. The number of methoxy groups -OCH3 is 2. The minimum absolute atomic E-state index is 0.265. The molecule has 0 radical (unpaired) electrons. The highest BCUT2D eigenvalue weighted by atomic mass is 16.6. The van der Waals surface area contributed by atoms with Gasteiger partial charge in [-0.2, -0.15) is 0 Å². The van der Waals surface area contributed by atoms with E-state index in [1.54, 1.807) is 38.5 Å². The number of hydrogen-bond donors (Lipinski definition) is 0. The van der Waals surface area contributed by atoms with Crippen molar-refractivity contribution >= 4 is 5.97 Å². The molecule has 0 saturated carbocycles. The van der Waals surface area contributed by atoms with Gasteiger partial charge < -0.3 is 14.2 Å². The molecule has 1 aromatic rings. The number of benzene rings is 1. The van der Waals surface area contributed by atoms with Crippen LogP contribution in [0.2, 0.25) is 0 Å². The van der Waals surface area contributed by atoms with Gasteiger partial charge in [0, 0.05) is 7.11 Å². The molecule has 0 spiro atoms. The molecule has 4 heteroatoms. The van der Waals surface area contributed by atoms with Crippen LogP contribution in [0.3, 0.4) is 0 Å². The van der Waals surface area contributed by atoms with Crippen molar-refractivity contribution in [3.05, 3.63) is 29.8 Å². The molecule has 0 aromatic heterocycles. The van der Waals surface area contributed by atoms with Gasteiger partial charge in [0.25, 0.3) is 0 Å². The molecule has 0 bridgehead atoms. The summed E-state index contributed by atoms with van der Waals surface area (Å²) in [6.07, 6.45) is 0. The first-order chi connectivity index (χ1) is 7.27. The average molecular weight is 210 g/mol. The molecular weight excluding hydrogens is 196 g/mol. The minimum Gasteiger partial charge on any atom is -0.497 e. The molecule has 0 aliphatic heterocycles. The maximum atomic E-state index is 11.4. The Labute approximate surface area is 88.8 Å². The molecule has 0 fully saturated rings. The standard InChI is InChI=1S/C11H14O4/c1-13-7-8-15-11(12)9-3-5-10(14-2)6-4-9/h3-6H,7-8H2,1-2H3. The Kier molecular flexibility index (Phi) is 4.63. The second-order valence-corrected chi connectivity index (χ2v) is 2.86. The highest BCUT2D eigenvalue weighted by molar-refractivity contribution is 5.89. The molecular formula is C11H14O4. The molecule has 1 aromatic carbocycles. The van der Waals surface area contributed by atoms with E-state index >= 15 is 0 Å². The number of carbonyl (C=O) groups excluding carboxylic acids is 1. The Hall–Kier alpha value is -1.55. The van der Waals surface area contributed by atoms with Crippen LogP contribution in [0.1, 0.15) is 10.4 Å². The van der Waals surface area contributed by atoms with E-state index in [0.29, 0.717) is 17.9 Å². The van der Waals surface area contributed by atoms with Crippen molar-refractivity contribution in [3.8, 4) is 5.75 Å². The molecule has 0 saturated heterocycles. The third-order valence-corrected chi connectivity index (χ3v) is 1.85. The Bertz CT molecular complexity index is 305. The zero-order valence-corrected chi connectivity index (χ0v) is 8.86. The van der Waals surface area contributed by atoms with Gasteiger partial charge in [-0.1, -0.05) is 0 Å². The van der Waals surface area contributed by atoms with Gasteiger partial charge in [-0.3, -0.25) is 0 Å². The van der Waals surface area contributed by atoms with Crippen molar-refractivity contribution in [2.24, 2.45) is 0 Å². The fourth-order valence-electron chi connectivity index (χ4n) is 1.03. The zero-order valence-electron chi connectivity index (χ0n) is 8.86. The summed E-state index contributed by atoms with van der Waals surface area (Å²) >= 11 is 0. The van der Waals surface area contributed by atoms with Gasteiger partial charge >= 0.3 is 5.97 Å². The van der Waals surface area contributed by atoms with Crippen molar-refractivity contribution in [1.29, 1.82) is 0 Å². The Balaban J connectivity index is 2.50. The topological polar surface area (TPSA) is 44.8 Å². The lowest BCUT2D eigenvalue weighted by Crippen LogP contribution is -2.09. The van der Waals surface area contributed by atoms with E-state index in [4.69, 9.17) is 14.2 Å². The third-order valence-electron chi connectivity index (χ3n) is 1.85. The van der Waals surface area contributed by atoms with Gasteiger partial charge in [-0.05, 0) is 24.3 Å². The third kappa shape index (κ3) is 3.59. The van der Waals surface area contributed by atoms with Crippen LogP contribution in [0.5, 0.6) is 5.75 Å². The van der Waals surface area contributed by atoms with Gasteiger partial charge in [0.1, 0.15) is 12.4 Å². The van der Waals surface area contributed by atoms with Gasteiger partial charge in [-0.15, -0.1) is 0 Å². The van der Waals surface area contributed by atoms with Crippen LogP contribution in [0, 0.1) is 0 Å². The van der Waals surface area contributed by atoms with Gasteiger partial charge in [0.2, 0.25) is 0 Å². The number of rotatable bonds is 5. The largest absolute Gasteiger partial charge is 0.497 e. The number of ether oxygens (including phenoxy) is 3. The molecule has 0 heterocycles. The Morgan fingerprint density at radius 2 is 1.80 bits per heavy atom. The van der Waals surface area contributed by atoms with Crippen molar-refractivity contribution < 1.29 is 19.0 Å². The SMILES string of the molecule is COCCOC(=O)c1ccc(OC)cc1. The van der Waals surface area contributed by atoms with E-state index in [2.05, 4.69) is 0 Å². The lowest BCUT2D eigenvalue weighted by Gasteiger charge is -2.04. The Morgan fingerprint density at radius 3 is 2.33 bits per heavy atom. The van der Waals surface area contributed by atoms with Crippen molar-refractivity contribution in [2.75, 3.05) is 27.4 Å². The van der Waals surface area contributed by atoms with E-state index in [-0.39, 0.29) is 12.6 Å². The maximum Gasteiger partial charge on any atom is 0.338 e. The molecule has 0 unspecified atom stereocenters. The highest BCUT2D eigenvalue weighted by Gasteiger charge is 2.06. The summed E-state index contributed by atoms with van der Waals surface area (Å²) in [5.74, 6) is 0.359. The summed E-state index contributed by atoms with van der Waals surface area (Å²) in [6.45, 7) is 0.670. The van der Waals surface area contributed by atoms with Gasteiger partial charge in [0.05, 0.1) is 19.3 Å². The summed E-state index contributed by atoms with van der Waals surface area (Å²) in [7, 11) is 3.13. The second-order valence-electron chi connectivity index (χ2n) is 2.86. The van der Waals surface area contributed by atoms with E-state index in [9.17, 15) is 4.79 Å². The number of hydrogen-bond acceptors (Lipinski definition) is 4. The van der Waals surface area contributed by atoms with E-state index in [0.717, 1.165) is 0 Å². The molecule has 0 amide bonds. The monoisotopic (exact) mass is 210 g/mol. The molecule has 0 atom stereocenters. The molecule has 15 heavy (non-hydrogen) atoms. The van der Waals surface area contributed by atoms with E-state index < -0.39 is 0 Å². The predicted octanol–water partition coefficient (Wildman–Crippen LogP) is 1.50. The van der Waals surface area contributed by atoms with Crippen LogP contribution in [0.15, 0.2) is 24.3 Å². The Morgan fingerprint density at radius 1 is 1.13 bits per heavy atom. The second kappa shape index (κ2) is 6.03. The van der Waals surface area contributed by atoms with Crippen LogP contribution in [-0.4, -0.2) is 33.4 Å². The van der Waals surface area contributed by atoms with Crippen LogP contribution in [0.4, 0.5) is 0 Å². The lowest BCUT2D eigenvalue weighted by atomic mass is 10.2. The van der Waals surface area contributed by atoms with Crippen molar-refractivity contribution in [2.45, 2.75) is 0 Å². The summed E-state index contributed by atoms with van der Waals surface area (Å²) in [4.78, 5) is 11.4. The molecule has 1 rings (SSSR count). The summed E-state index contributed by atoms with van der Waals surface area (Å²) in [6, 6.07) is 6.75. The van der Waals surface area contributed by atoms with Crippen LogP contribution >= 0.6 is 0 Å². The quantitative estimate of drug-likeness (QED) is 0.545.